The lowest BCUT2D eigenvalue weighted by atomic mass is 9.95. The van der Waals surface area contributed by atoms with Gasteiger partial charge in [-0.25, -0.2) is 4.79 Å². The Bertz CT molecular complexity index is 650. The number of carbonyl (C=O) groups excluding carboxylic acids is 2. The van der Waals surface area contributed by atoms with E-state index in [-0.39, 0.29) is 18.6 Å². The number of methoxy groups -OCH3 is 1. The Hall–Kier alpha value is -2.44. The number of nitrogens with zero attached hydrogens (tertiary/aromatic N) is 2. The quantitative estimate of drug-likeness (QED) is 0.831. The van der Waals surface area contributed by atoms with Crippen LogP contribution in [-0.4, -0.2) is 67.8 Å². The van der Waals surface area contributed by atoms with Gasteiger partial charge >= 0.3 is 6.09 Å². The van der Waals surface area contributed by atoms with Gasteiger partial charge in [0.1, 0.15) is 5.60 Å². The molecule has 0 aromatic heterocycles. The summed E-state index contributed by atoms with van der Waals surface area (Å²) in [5.41, 5.74) is -0.454. The van der Waals surface area contributed by atoms with Crippen molar-refractivity contribution in [3.05, 3.63) is 24.3 Å². The molecule has 1 aromatic carbocycles. The standard InChI is InChI=1S/C18H24N2O5/c1-19-13-18(25-17(19)22)8-5-10-20(11-9-18)16(21)12-24-15-7-4-3-6-14(15)23-2/h3-4,6-7H,5,8-13H2,1-2H3. The first kappa shape index (κ1) is 17.4. The molecule has 0 N–H and O–H groups in total. The predicted octanol–water partition coefficient (Wildman–Crippen LogP) is 1.91. The summed E-state index contributed by atoms with van der Waals surface area (Å²) in [5, 5.41) is 0. The summed E-state index contributed by atoms with van der Waals surface area (Å²) in [6, 6.07) is 7.25. The van der Waals surface area contributed by atoms with Crippen LogP contribution in [0.2, 0.25) is 0 Å². The summed E-state index contributed by atoms with van der Waals surface area (Å²) >= 11 is 0. The summed E-state index contributed by atoms with van der Waals surface area (Å²) in [4.78, 5) is 27.6. The number of likely N-dealkylation sites (N-methyl/N-ethyl adjacent to an activating group) is 1. The van der Waals surface area contributed by atoms with E-state index in [4.69, 9.17) is 14.2 Å². The first-order chi connectivity index (χ1) is 12.0. The molecule has 0 saturated carbocycles. The zero-order chi connectivity index (χ0) is 17.9. The molecular weight excluding hydrogens is 324 g/mol. The van der Waals surface area contributed by atoms with E-state index in [1.54, 1.807) is 36.1 Å². The minimum absolute atomic E-state index is 0.0347. The van der Waals surface area contributed by atoms with Gasteiger partial charge in [-0.1, -0.05) is 12.1 Å². The van der Waals surface area contributed by atoms with Gasteiger partial charge in [0.2, 0.25) is 0 Å². The number of amides is 2. The first-order valence-electron chi connectivity index (χ1n) is 8.51. The Morgan fingerprint density at radius 2 is 2.00 bits per heavy atom. The molecule has 2 amide bonds. The molecule has 1 spiro atoms. The smallest absolute Gasteiger partial charge is 0.410 e. The van der Waals surface area contributed by atoms with E-state index in [0.717, 1.165) is 12.8 Å². The maximum Gasteiger partial charge on any atom is 0.410 e. The van der Waals surface area contributed by atoms with Crippen LogP contribution in [0.5, 0.6) is 11.5 Å². The third kappa shape index (κ3) is 3.81. The van der Waals surface area contributed by atoms with Crippen molar-refractivity contribution in [1.82, 2.24) is 9.80 Å². The lowest BCUT2D eigenvalue weighted by molar-refractivity contribution is -0.133. The van der Waals surface area contributed by atoms with Crippen molar-refractivity contribution in [3.8, 4) is 11.5 Å². The summed E-state index contributed by atoms with van der Waals surface area (Å²) in [6.07, 6.45) is 1.96. The minimum Gasteiger partial charge on any atom is -0.493 e. The van der Waals surface area contributed by atoms with Crippen molar-refractivity contribution in [1.29, 1.82) is 0 Å². The molecule has 0 bridgehead atoms. The molecule has 1 aromatic rings. The van der Waals surface area contributed by atoms with Crippen molar-refractivity contribution in [3.63, 3.8) is 0 Å². The lowest BCUT2D eigenvalue weighted by Crippen LogP contribution is -2.38. The van der Waals surface area contributed by atoms with Crippen molar-refractivity contribution < 1.29 is 23.8 Å². The van der Waals surface area contributed by atoms with Gasteiger partial charge in [-0.05, 0) is 25.0 Å². The highest BCUT2D eigenvalue weighted by molar-refractivity contribution is 5.78. The van der Waals surface area contributed by atoms with E-state index >= 15 is 0 Å². The molecule has 3 rings (SSSR count). The first-order valence-corrected chi connectivity index (χ1v) is 8.51. The molecule has 7 heteroatoms. The maximum absolute atomic E-state index is 12.5. The Kier molecular flexibility index (Phi) is 5.01. The Morgan fingerprint density at radius 1 is 1.24 bits per heavy atom. The van der Waals surface area contributed by atoms with E-state index in [9.17, 15) is 9.59 Å². The molecule has 1 atom stereocenters. The summed E-state index contributed by atoms with van der Waals surface area (Å²) < 4.78 is 16.4. The zero-order valence-corrected chi connectivity index (χ0v) is 14.7. The van der Waals surface area contributed by atoms with Gasteiger partial charge in [0.25, 0.3) is 5.91 Å². The molecule has 25 heavy (non-hydrogen) atoms. The minimum atomic E-state index is -0.454. The zero-order valence-electron chi connectivity index (χ0n) is 14.7. The second-order valence-corrected chi connectivity index (χ2v) is 6.58. The number of para-hydroxylation sites is 2. The topological polar surface area (TPSA) is 68.3 Å². The Labute approximate surface area is 147 Å². The summed E-state index contributed by atoms with van der Waals surface area (Å²) in [5.74, 6) is 1.09. The van der Waals surface area contributed by atoms with E-state index in [0.29, 0.717) is 37.6 Å². The van der Waals surface area contributed by atoms with Gasteiger partial charge in [0, 0.05) is 26.6 Å². The number of benzene rings is 1. The lowest BCUT2D eigenvalue weighted by Gasteiger charge is -2.25. The second-order valence-electron chi connectivity index (χ2n) is 6.58. The average Bonchev–Trinajstić information content (AvgIpc) is 2.77. The van der Waals surface area contributed by atoms with Crippen molar-refractivity contribution in [2.45, 2.75) is 24.9 Å². The third-order valence-corrected chi connectivity index (χ3v) is 4.81. The average molecular weight is 348 g/mol. The van der Waals surface area contributed by atoms with E-state index in [2.05, 4.69) is 0 Å². The number of hydrogen-bond donors (Lipinski definition) is 0. The fourth-order valence-corrected chi connectivity index (χ4v) is 3.44. The van der Waals surface area contributed by atoms with Crippen LogP contribution in [0.25, 0.3) is 0 Å². The highest BCUT2D eigenvalue weighted by Gasteiger charge is 2.44. The molecule has 136 valence electrons. The van der Waals surface area contributed by atoms with Crippen molar-refractivity contribution >= 4 is 12.0 Å². The van der Waals surface area contributed by atoms with Crippen LogP contribution in [0.1, 0.15) is 19.3 Å². The second kappa shape index (κ2) is 7.21. The van der Waals surface area contributed by atoms with E-state index in [1.807, 2.05) is 12.1 Å². The highest BCUT2D eigenvalue weighted by atomic mass is 16.6. The molecule has 1 unspecified atom stereocenters. The fourth-order valence-electron chi connectivity index (χ4n) is 3.44. The van der Waals surface area contributed by atoms with Gasteiger partial charge in [0.15, 0.2) is 18.1 Å². The van der Waals surface area contributed by atoms with E-state index < -0.39 is 5.60 Å². The molecule has 2 saturated heterocycles. The number of hydrogen-bond acceptors (Lipinski definition) is 5. The summed E-state index contributed by atoms with van der Waals surface area (Å²) in [7, 11) is 3.31. The molecule has 0 radical (unpaired) electrons. The maximum atomic E-state index is 12.5. The van der Waals surface area contributed by atoms with Crippen LogP contribution in [0.15, 0.2) is 24.3 Å². The van der Waals surface area contributed by atoms with Crippen LogP contribution < -0.4 is 9.47 Å². The predicted molar refractivity (Wildman–Crippen MR) is 90.8 cm³/mol. The number of carbonyl (C=O) groups is 2. The molecule has 0 aliphatic carbocycles. The van der Waals surface area contributed by atoms with E-state index in [1.165, 1.54) is 0 Å². The monoisotopic (exact) mass is 348 g/mol. The van der Waals surface area contributed by atoms with Crippen LogP contribution in [0.4, 0.5) is 4.79 Å². The van der Waals surface area contributed by atoms with Crippen molar-refractivity contribution in [2.75, 3.05) is 40.4 Å². The number of likely N-dealkylation sites (tertiary alicyclic amines) is 1. The molecule has 2 aliphatic heterocycles. The Balaban J connectivity index is 1.56. The fraction of sp³-hybridized carbons (Fsp3) is 0.556. The molecule has 2 heterocycles. The van der Waals surface area contributed by atoms with Gasteiger partial charge in [-0.2, -0.15) is 0 Å². The van der Waals surface area contributed by atoms with Gasteiger partial charge < -0.3 is 24.0 Å². The van der Waals surface area contributed by atoms with Crippen LogP contribution >= 0.6 is 0 Å². The van der Waals surface area contributed by atoms with Crippen LogP contribution in [0, 0.1) is 0 Å². The molecule has 2 aliphatic rings. The third-order valence-electron chi connectivity index (χ3n) is 4.81. The largest absolute Gasteiger partial charge is 0.493 e. The van der Waals surface area contributed by atoms with Gasteiger partial charge in [-0.15, -0.1) is 0 Å². The Morgan fingerprint density at radius 3 is 2.68 bits per heavy atom. The van der Waals surface area contributed by atoms with Crippen LogP contribution in [-0.2, 0) is 9.53 Å². The van der Waals surface area contributed by atoms with Crippen molar-refractivity contribution in [2.24, 2.45) is 0 Å². The molecule has 2 fully saturated rings. The molecule has 7 nitrogen and oxygen atoms in total. The van der Waals surface area contributed by atoms with Gasteiger partial charge in [0.05, 0.1) is 13.7 Å². The highest BCUT2D eigenvalue weighted by Crippen LogP contribution is 2.32. The van der Waals surface area contributed by atoms with Crippen LogP contribution in [0.3, 0.4) is 0 Å². The normalized spacial score (nSPS) is 23.4. The van der Waals surface area contributed by atoms with Gasteiger partial charge in [-0.3, -0.25) is 4.79 Å². The molecular formula is C18H24N2O5. The number of ether oxygens (including phenoxy) is 3. The SMILES string of the molecule is COc1ccccc1OCC(=O)N1CCCC2(CC1)CN(C)C(=O)O2. The number of rotatable bonds is 4. The summed E-state index contributed by atoms with van der Waals surface area (Å²) in [6.45, 7) is 1.77.